The molecular formula is C20H20F2N6O. The summed E-state index contributed by atoms with van der Waals surface area (Å²) in [5.41, 5.74) is -0.156. The molecule has 1 aliphatic rings. The van der Waals surface area contributed by atoms with Gasteiger partial charge in [-0.05, 0) is 44.5 Å². The zero-order chi connectivity index (χ0) is 20.9. The predicted octanol–water partition coefficient (Wildman–Crippen LogP) is 2.71. The molecule has 0 aliphatic carbocycles. The number of rotatable bonds is 3. The molecule has 0 radical (unpaired) electrons. The highest BCUT2D eigenvalue weighted by Crippen LogP contribution is 2.35. The molecular weight excluding hydrogens is 378 g/mol. The Morgan fingerprint density at radius 2 is 1.97 bits per heavy atom. The smallest absolute Gasteiger partial charge is 0.156 e. The van der Waals surface area contributed by atoms with E-state index in [1.807, 2.05) is 4.57 Å². The van der Waals surface area contributed by atoms with Gasteiger partial charge in [0.05, 0.1) is 5.69 Å². The van der Waals surface area contributed by atoms with Crippen molar-refractivity contribution in [1.29, 1.82) is 10.8 Å². The maximum Gasteiger partial charge on any atom is 0.156 e. The van der Waals surface area contributed by atoms with Gasteiger partial charge in [-0.2, -0.15) is 9.78 Å². The van der Waals surface area contributed by atoms with E-state index in [0.29, 0.717) is 23.6 Å². The van der Waals surface area contributed by atoms with E-state index in [1.54, 1.807) is 6.07 Å². The first-order valence-corrected chi connectivity index (χ1v) is 9.19. The van der Waals surface area contributed by atoms with Crippen molar-refractivity contribution in [3.63, 3.8) is 0 Å². The molecule has 0 saturated carbocycles. The van der Waals surface area contributed by atoms with Gasteiger partial charge in [0.1, 0.15) is 39.9 Å². The molecule has 0 amide bonds. The quantitative estimate of drug-likeness (QED) is 0.467. The van der Waals surface area contributed by atoms with Crippen LogP contribution in [0.2, 0.25) is 0 Å². The molecule has 0 unspecified atom stereocenters. The largest absolute Gasteiger partial charge is 0.382 e. The van der Waals surface area contributed by atoms with Gasteiger partial charge in [-0.15, -0.1) is 0 Å². The predicted molar refractivity (Wildman–Crippen MR) is 102 cm³/mol. The van der Waals surface area contributed by atoms with E-state index in [-0.39, 0.29) is 16.9 Å². The van der Waals surface area contributed by atoms with E-state index >= 15 is 0 Å². The molecule has 1 aromatic carbocycles. The van der Waals surface area contributed by atoms with Crippen LogP contribution < -0.4 is 5.49 Å². The number of halogens is 2. The van der Waals surface area contributed by atoms with E-state index in [1.165, 1.54) is 32.0 Å². The molecule has 0 saturated heterocycles. The third-order valence-electron chi connectivity index (χ3n) is 4.88. The van der Waals surface area contributed by atoms with Crippen LogP contribution in [0.5, 0.6) is 0 Å². The van der Waals surface area contributed by atoms with E-state index in [4.69, 9.17) is 10.8 Å². The van der Waals surface area contributed by atoms with Gasteiger partial charge in [0, 0.05) is 24.6 Å². The number of nitrogens with one attached hydrogen (secondary N) is 2. The molecule has 0 atom stereocenters. The molecule has 9 heteroatoms. The van der Waals surface area contributed by atoms with Gasteiger partial charge in [0.25, 0.3) is 0 Å². The second-order valence-electron chi connectivity index (χ2n) is 7.53. The fourth-order valence-electron chi connectivity index (χ4n) is 3.43. The van der Waals surface area contributed by atoms with Crippen LogP contribution in [0.3, 0.4) is 0 Å². The summed E-state index contributed by atoms with van der Waals surface area (Å²) in [7, 11) is 0. The molecule has 3 heterocycles. The minimum atomic E-state index is -1.50. The molecule has 0 spiro atoms. The van der Waals surface area contributed by atoms with Gasteiger partial charge < -0.3 is 9.67 Å². The van der Waals surface area contributed by atoms with Crippen molar-refractivity contribution in [3.8, 4) is 22.6 Å². The van der Waals surface area contributed by atoms with Crippen LogP contribution in [0.25, 0.3) is 22.6 Å². The first-order valence-electron chi connectivity index (χ1n) is 9.19. The Kier molecular flexibility index (Phi) is 4.42. The third-order valence-corrected chi connectivity index (χ3v) is 4.88. The van der Waals surface area contributed by atoms with Crippen LogP contribution >= 0.6 is 0 Å². The Hall–Kier alpha value is -3.20. The zero-order valence-corrected chi connectivity index (χ0v) is 16.0. The average molecular weight is 398 g/mol. The first kappa shape index (κ1) is 19.1. The van der Waals surface area contributed by atoms with Crippen LogP contribution in [0, 0.1) is 22.5 Å². The van der Waals surface area contributed by atoms with E-state index in [9.17, 15) is 13.9 Å². The Bertz CT molecular complexity index is 1190. The summed E-state index contributed by atoms with van der Waals surface area (Å²) in [4.78, 5) is 4.57. The summed E-state index contributed by atoms with van der Waals surface area (Å²) < 4.78 is 30.9. The molecule has 4 rings (SSSR count). The van der Waals surface area contributed by atoms with Crippen molar-refractivity contribution in [2.24, 2.45) is 0 Å². The molecule has 150 valence electrons. The van der Waals surface area contributed by atoms with Crippen LogP contribution in [-0.4, -0.2) is 35.9 Å². The van der Waals surface area contributed by atoms with Gasteiger partial charge in [-0.3, -0.25) is 10.8 Å². The third kappa shape index (κ3) is 3.27. The lowest BCUT2D eigenvalue weighted by Gasteiger charge is -2.20. The van der Waals surface area contributed by atoms with Crippen LogP contribution in [0.15, 0.2) is 30.3 Å². The van der Waals surface area contributed by atoms with Crippen molar-refractivity contribution in [2.45, 2.75) is 38.8 Å². The standard InChI is InChI=1S/C20H20F2N6O/c1-20(2,29)19(24)28-15(23)8-7-14(26-28)18-17(25-16-4-3-9-27(16)18)12-6-5-11(21)10-13(12)22/h5-8,10,23-24,29H,3-4,9H2,1-2H3. The minimum Gasteiger partial charge on any atom is -0.382 e. The Balaban J connectivity index is 1.95. The lowest BCUT2D eigenvalue weighted by Crippen LogP contribution is -2.42. The van der Waals surface area contributed by atoms with Crippen LogP contribution in [0.1, 0.15) is 26.1 Å². The summed E-state index contributed by atoms with van der Waals surface area (Å²) in [6, 6.07) is 6.40. The Morgan fingerprint density at radius 3 is 2.66 bits per heavy atom. The Morgan fingerprint density at radius 1 is 1.21 bits per heavy atom. The monoisotopic (exact) mass is 398 g/mol. The first-order chi connectivity index (χ1) is 13.7. The van der Waals surface area contributed by atoms with Gasteiger partial charge in [-0.1, -0.05) is 0 Å². The fraction of sp³-hybridized carbons (Fsp3) is 0.300. The normalized spacial score (nSPS) is 13.6. The molecule has 3 N–H and O–H groups in total. The van der Waals surface area contributed by atoms with Crippen molar-refractivity contribution in [1.82, 2.24) is 19.3 Å². The summed E-state index contributed by atoms with van der Waals surface area (Å²) in [6.45, 7) is 3.55. The number of hydrogen-bond donors (Lipinski definition) is 3. The molecule has 29 heavy (non-hydrogen) atoms. The average Bonchev–Trinajstić information content (AvgIpc) is 3.22. The summed E-state index contributed by atoms with van der Waals surface area (Å²) in [5, 5.41) is 30.8. The minimum absolute atomic E-state index is 0.0726. The van der Waals surface area contributed by atoms with Gasteiger partial charge in [0.2, 0.25) is 0 Å². The molecule has 0 bridgehead atoms. The van der Waals surface area contributed by atoms with Gasteiger partial charge >= 0.3 is 0 Å². The number of aryl methyl sites for hydroxylation is 1. The highest BCUT2D eigenvalue weighted by molar-refractivity contribution is 5.88. The molecule has 2 aromatic heterocycles. The SMILES string of the molecule is CC(C)(O)C(=N)n1nc(-c2c(-c3ccc(F)cc3F)nc3n2CCC3)ccc1=N. The number of nitrogens with zero attached hydrogens (tertiary/aromatic N) is 4. The van der Waals surface area contributed by atoms with Crippen molar-refractivity contribution in [2.75, 3.05) is 0 Å². The highest BCUT2D eigenvalue weighted by Gasteiger charge is 2.27. The second-order valence-corrected chi connectivity index (χ2v) is 7.53. The molecule has 1 aliphatic heterocycles. The van der Waals surface area contributed by atoms with E-state index in [0.717, 1.165) is 29.4 Å². The van der Waals surface area contributed by atoms with Crippen LogP contribution in [0.4, 0.5) is 8.78 Å². The van der Waals surface area contributed by atoms with Crippen LogP contribution in [-0.2, 0) is 13.0 Å². The molecule has 7 nitrogen and oxygen atoms in total. The maximum atomic E-state index is 14.5. The van der Waals surface area contributed by atoms with Gasteiger partial charge in [0.15, 0.2) is 5.84 Å². The lowest BCUT2D eigenvalue weighted by atomic mass is 10.1. The number of aliphatic hydroxyl groups is 1. The lowest BCUT2D eigenvalue weighted by molar-refractivity contribution is 0.147. The number of imidazole rings is 1. The fourth-order valence-corrected chi connectivity index (χ4v) is 3.43. The maximum absolute atomic E-state index is 14.5. The van der Waals surface area contributed by atoms with Gasteiger partial charge in [-0.25, -0.2) is 13.8 Å². The topological polar surface area (TPSA) is 104 Å². The second kappa shape index (κ2) is 6.70. The molecule has 0 fully saturated rings. The van der Waals surface area contributed by atoms with Crippen molar-refractivity contribution in [3.05, 3.63) is 53.3 Å². The van der Waals surface area contributed by atoms with Crippen molar-refractivity contribution >= 4 is 5.84 Å². The highest BCUT2D eigenvalue weighted by atomic mass is 19.1. The number of benzene rings is 1. The number of hydrogen-bond acceptors (Lipinski definition) is 5. The number of fused-ring (bicyclic) bond motifs is 1. The molecule has 3 aromatic rings. The Labute approximate surface area is 165 Å². The van der Waals surface area contributed by atoms with Crippen molar-refractivity contribution < 1.29 is 13.9 Å². The summed E-state index contributed by atoms with van der Waals surface area (Å²) >= 11 is 0. The summed E-state index contributed by atoms with van der Waals surface area (Å²) in [5.74, 6) is -0.885. The van der Waals surface area contributed by atoms with E-state index in [2.05, 4.69) is 10.1 Å². The number of aromatic nitrogens is 4. The summed E-state index contributed by atoms with van der Waals surface area (Å²) in [6.07, 6.45) is 1.61. The zero-order valence-electron chi connectivity index (χ0n) is 16.0. The van der Waals surface area contributed by atoms with E-state index < -0.39 is 17.2 Å².